The molecule has 0 aliphatic carbocycles. The van der Waals surface area contributed by atoms with Crippen LogP contribution in [0.15, 0.2) is 32.0 Å². The molecular formula is C10H5BrN4O4. The number of hydrogen-bond acceptors (Lipinski definition) is 5. The van der Waals surface area contributed by atoms with Gasteiger partial charge in [0.05, 0.1) is 16.0 Å². The summed E-state index contributed by atoms with van der Waals surface area (Å²) >= 11 is 3.25. The maximum Gasteiger partial charge on any atom is 0.434 e. The zero-order valence-corrected chi connectivity index (χ0v) is 10.7. The number of nitro groups is 1. The third kappa shape index (κ3) is 1.83. The molecule has 1 aromatic carbocycles. The molecular weight excluding hydrogens is 320 g/mol. The number of aromatic amines is 2. The van der Waals surface area contributed by atoms with Crippen molar-refractivity contribution in [2.45, 2.75) is 0 Å². The van der Waals surface area contributed by atoms with Crippen molar-refractivity contribution >= 4 is 32.5 Å². The van der Waals surface area contributed by atoms with Crippen LogP contribution in [0, 0.1) is 10.1 Å². The SMILES string of the molecule is O=c1[nH]nc(-c2c[nH]c3c(Br)cc([N+](=O)[O-])cc23)o1. The van der Waals surface area contributed by atoms with Crippen LogP contribution in [0.4, 0.5) is 5.69 Å². The second kappa shape index (κ2) is 4.05. The lowest BCUT2D eigenvalue weighted by atomic mass is 10.1. The van der Waals surface area contributed by atoms with Crippen molar-refractivity contribution in [1.29, 1.82) is 0 Å². The van der Waals surface area contributed by atoms with E-state index in [0.717, 1.165) is 0 Å². The molecule has 3 aromatic rings. The van der Waals surface area contributed by atoms with Crippen LogP contribution in [0.5, 0.6) is 0 Å². The molecule has 0 bridgehead atoms. The Bertz CT molecular complexity index is 847. The fourth-order valence-electron chi connectivity index (χ4n) is 1.80. The molecule has 8 nitrogen and oxygen atoms in total. The number of rotatable bonds is 2. The predicted octanol–water partition coefficient (Wildman–Crippen LogP) is 2.18. The Balaban J connectivity index is 2.32. The first-order chi connectivity index (χ1) is 9.06. The molecule has 9 heteroatoms. The topological polar surface area (TPSA) is 118 Å². The van der Waals surface area contributed by atoms with Crippen LogP contribution < -0.4 is 5.76 Å². The lowest BCUT2D eigenvalue weighted by Crippen LogP contribution is -1.93. The van der Waals surface area contributed by atoms with Gasteiger partial charge in [0.1, 0.15) is 0 Å². The molecule has 19 heavy (non-hydrogen) atoms. The number of hydrogen-bond donors (Lipinski definition) is 2. The highest BCUT2D eigenvalue weighted by Crippen LogP contribution is 2.34. The maximum absolute atomic E-state index is 11.0. The summed E-state index contributed by atoms with van der Waals surface area (Å²) in [4.78, 5) is 24.2. The molecule has 0 aliphatic rings. The average Bonchev–Trinajstić information content (AvgIpc) is 2.94. The van der Waals surface area contributed by atoms with Crippen LogP contribution in [0.1, 0.15) is 0 Å². The van der Waals surface area contributed by atoms with E-state index in [-0.39, 0.29) is 11.6 Å². The summed E-state index contributed by atoms with van der Waals surface area (Å²) in [6.45, 7) is 0. The van der Waals surface area contributed by atoms with Gasteiger partial charge in [-0.25, -0.2) is 9.89 Å². The zero-order chi connectivity index (χ0) is 13.6. The molecule has 0 amide bonds. The summed E-state index contributed by atoms with van der Waals surface area (Å²) in [6.07, 6.45) is 1.57. The largest absolute Gasteiger partial charge is 0.434 e. The van der Waals surface area contributed by atoms with E-state index >= 15 is 0 Å². The van der Waals surface area contributed by atoms with Gasteiger partial charge in [-0.1, -0.05) is 0 Å². The second-order valence-corrected chi connectivity index (χ2v) is 4.58. The van der Waals surface area contributed by atoms with E-state index in [1.807, 2.05) is 0 Å². The minimum absolute atomic E-state index is 0.0712. The molecule has 0 fully saturated rings. The zero-order valence-electron chi connectivity index (χ0n) is 9.14. The molecule has 2 aromatic heterocycles. The van der Waals surface area contributed by atoms with Gasteiger partial charge in [-0.15, -0.1) is 5.10 Å². The normalized spacial score (nSPS) is 11.0. The van der Waals surface area contributed by atoms with E-state index in [9.17, 15) is 14.9 Å². The fourth-order valence-corrected chi connectivity index (χ4v) is 2.36. The minimum atomic E-state index is -0.686. The summed E-state index contributed by atoms with van der Waals surface area (Å²) < 4.78 is 5.39. The number of fused-ring (bicyclic) bond motifs is 1. The highest BCUT2D eigenvalue weighted by molar-refractivity contribution is 9.10. The number of aromatic nitrogens is 3. The monoisotopic (exact) mass is 324 g/mol. The smallest absolute Gasteiger partial charge is 0.388 e. The molecule has 3 rings (SSSR count). The summed E-state index contributed by atoms with van der Waals surface area (Å²) in [7, 11) is 0. The van der Waals surface area contributed by atoms with Gasteiger partial charge in [-0.05, 0) is 15.9 Å². The van der Waals surface area contributed by atoms with E-state index in [1.54, 1.807) is 6.20 Å². The third-order valence-electron chi connectivity index (χ3n) is 2.61. The second-order valence-electron chi connectivity index (χ2n) is 3.73. The molecule has 0 spiro atoms. The van der Waals surface area contributed by atoms with Gasteiger partial charge in [-0.2, -0.15) is 0 Å². The van der Waals surface area contributed by atoms with Gasteiger partial charge >= 0.3 is 5.76 Å². The highest BCUT2D eigenvalue weighted by Gasteiger charge is 2.17. The molecule has 0 saturated heterocycles. The standard InChI is InChI=1S/C10H5BrN4O4/c11-7-2-4(15(17)18)1-5-6(3-12-8(5)7)9-13-14-10(16)19-9/h1-3,12H,(H,14,16). The van der Waals surface area contributed by atoms with Crippen molar-refractivity contribution in [2.75, 3.05) is 0 Å². The molecule has 96 valence electrons. The number of H-pyrrole nitrogens is 2. The van der Waals surface area contributed by atoms with Crippen molar-refractivity contribution in [3.63, 3.8) is 0 Å². The summed E-state index contributed by atoms with van der Waals surface area (Å²) in [6, 6.07) is 2.78. The first-order valence-electron chi connectivity index (χ1n) is 5.07. The molecule has 0 atom stereocenters. The Kier molecular flexibility index (Phi) is 2.49. The predicted molar refractivity (Wildman–Crippen MR) is 68.8 cm³/mol. The van der Waals surface area contributed by atoms with E-state index < -0.39 is 10.7 Å². The number of benzene rings is 1. The van der Waals surface area contributed by atoms with E-state index in [0.29, 0.717) is 20.9 Å². The highest BCUT2D eigenvalue weighted by atomic mass is 79.9. The number of nitrogens with one attached hydrogen (secondary N) is 2. The number of nitro benzene ring substituents is 1. The van der Waals surface area contributed by atoms with Crippen molar-refractivity contribution in [2.24, 2.45) is 0 Å². The van der Waals surface area contributed by atoms with Gasteiger partial charge in [-0.3, -0.25) is 10.1 Å². The fraction of sp³-hybridized carbons (Fsp3) is 0. The Morgan fingerprint density at radius 3 is 2.84 bits per heavy atom. The van der Waals surface area contributed by atoms with Gasteiger partial charge < -0.3 is 9.40 Å². The van der Waals surface area contributed by atoms with Crippen molar-refractivity contribution in [3.8, 4) is 11.5 Å². The Morgan fingerprint density at radius 2 is 2.21 bits per heavy atom. The maximum atomic E-state index is 11.0. The number of nitrogens with zero attached hydrogens (tertiary/aromatic N) is 2. The van der Waals surface area contributed by atoms with Crippen LogP contribution in [0.2, 0.25) is 0 Å². The summed E-state index contributed by atoms with van der Waals surface area (Å²) in [5.41, 5.74) is 1.06. The summed E-state index contributed by atoms with van der Waals surface area (Å²) in [5, 5.41) is 17.2. The van der Waals surface area contributed by atoms with Crippen molar-refractivity contribution < 1.29 is 9.34 Å². The lowest BCUT2D eigenvalue weighted by Gasteiger charge is -1.97. The Labute approximate surface area is 112 Å². The third-order valence-corrected chi connectivity index (χ3v) is 3.23. The van der Waals surface area contributed by atoms with E-state index in [1.165, 1.54) is 12.1 Å². The van der Waals surface area contributed by atoms with Crippen molar-refractivity contribution in [3.05, 3.63) is 43.5 Å². The van der Waals surface area contributed by atoms with Crippen molar-refractivity contribution in [1.82, 2.24) is 15.2 Å². The molecule has 2 N–H and O–H groups in total. The van der Waals surface area contributed by atoms with Gasteiger partial charge in [0, 0.05) is 28.2 Å². The van der Waals surface area contributed by atoms with Gasteiger partial charge in [0.2, 0.25) is 0 Å². The average molecular weight is 325 g/mol. The van der Waals surface area contributed by atoms with Crippen LogP contribution >= 0.6 is 15.9 Å². The molecule has 0 aliphatic heterocycles. The minimum Gasteiger partial charge on any atom is -0.388 e. The molecule has 2 heterocycles. The molecule has 0 saturated carbocycles. The quantitative estimate of drug-likeness (QED) is 0.553. The number of halogens is 1. The first-order valence-corrected chi connectivity index (χ1v) is 5.86. The van der Waals surface area contributed by atoms with E-state index in [4.69, 9.17) is 4.42 Å². The van der Waals surface area contributed by atoms with Crippen LogP contribution in [-0.4, -0.2) is 20.1 Å². The van der Waals surface area contributed by atoms with Crippen LogP contribution in [-0.2, 0) is 0 Å². The summed E-state index contributed by atoms with van der Waals surface area (Å²) in [5.74, 6) is -0.613. The van der Waals surface area contributed by atoms with E-state index in [2.05, 4.69) is 31.1 Å². The van der Waals surface area contributed by atoms with Crippen LogP contribution in [0.25, 0.3) is 22.4 Å². The Hall–Kier alpha value is -2.42. The molecule has 0 unspecified atom stereocenters. The number of non-ortho nitro benzene ring substituents is 1. The Morgan fingerprint density at radius 1 is 1.42 bits per heavy atom. The molecule has 0 radical (unpaired) electrons. The first kappa shape index (κ1) is 11.7. The van der Waals surface area contributed by atoms with Crippen LogP contribution in [0.3, 0.4) is 0 Å². The van der Waals surface area contributed by atoms with Gasteiger partial charge in [0.25, 0.3) is 11.6 Å². The van der Waals surface area contributed by atoms with Gasteiger partial charge in [0.15, 0.2) is 0 Å². The lowest BCUT2D eigenvalue weighted by molar-refractivity contribution is -0.384.